The van der Waals surface area contributed by atoms with Crippen molar-refractivity contribution in [1.29, 1.82) is 0 Å². The van der Waals surface area contributed by atoms with E-state index >= 15 is 0 Å². The Morgan fingerprint density at radius 3 is 2.80 bits per heavy atom. The van der Waals surface area contributed by atoms with E-state index in [0.29, 0.717) is 17.8 Å². The molecule has 0 aliphatic carbocycles. The highest BCUT2D eigenvalue weighted by Crippen LogP contribution is 2.29. The van der Waals surface area contributed by atoms with E-state index in [9.17, 15) is 9.90 Å². The molecule has 4 nitrogen and oxygen atoms in total. The first-order valence-corrected chi connectivity index (χ1v) is 7.17. The molecule has 20 heavy (non-hydrogen) atoms. The van der Waals surface area contributed by atoms with Crippen molar-refractivity contribution in [2.75, 3.05) is 12.3 Å². The van der Waals surface area contributed by atoms with Gasteiger partial charge in [-0.15, -0.1) is 0 Å². The maximum absolute atomic E-state index is 12.0. The molecule has 0 aliphatic heterocycles. The molecule has 1 heterocycles. The molecule has 1 amide bonds. The Hall–Kier alpha value is -1.75. The normalized spacial score (nSPS) is 10.8. The van der Waals surface area contributed by atoms with Gasteiger partial charge in [0.05, 0.1) is 0 Å². The van der Waals surface area contributed by atoms with Crippen molar-refractivity contribution in [2.24, 2.45) is 0 Å². The number of pyridine rings is 1. The number of phenols is 1. The largest absolute Gasteiger partial charge is 0.505 e. The lowest BCUT2D eigenvalue weighted by Gasteiger charge is -2.09. The number of fused-ring (bicyclic) bond motifs is 1. The molecule has 0 saturated carbocycles. The second-order valence-corrected chi connectivity index (χ2v) is 5.23. The number of amides is 1. The maximum Gasteiger partial charge on any atom is 0.269 e. The highest BCUT2D eigenvalue weighted by Gasteiger charge is 2.12. The van der Waals surface area contributed by atoms with Gasteiger partial charge in [-0.25, -0.2) is 4.98 Å². The van der Waals surface area contributed by atoms with Gasteiger partial charge < -0.3 is 10.4 Å². The van der Waals surface area contributed by atoms with Crippen molar-refractivity contribution >= 4 is 29.4 Å². The Labute approximate surface area is 123 Å². The van der Waals surface area contributed by atoms with Gasteiger partial charge in [-0.05, 0) is 43.2 Å². The molecule has 0 radical (unpaired) electrons. The number of aromatic hydroxyl groups is 1. The van der Waals surface area contributed by atoms with Crippen LogP contribution in [0.25, 0.3) is 10.9 Å². The molecule has 0 bridgehead atoms. The Balaban J connectivity index is 2.38. The number of hydrogen-bond donors (Lipinski definition) is 3. The summed E-state index contributed by atoms with van der Waals surface area (Å²) in [6, 6.07) is 5.41. The highest BCUT2D eigenvalue weighted by atomic mass is 32.1. The van der Waals surface area contributed by atoms with Gasteiger partial charge in [0, 0.05) is 11.9 Å². The van der Waals surface area contributed by atoms with E-state index in [4.69, 9.17) is 0 Å². The van der Waals surface area contributed by atoms with Crippen molar-refractivity contribution in [3.8, 4) is 5.75 Å². The number of nitrogens with one attached hydrogen (secondary N) is 1. The van der Waals surface area contributed by atoms with Gasteiger partial charge in [-0.2, -0.15) is 12.6 Å². The number of carbonyl (C=O) groups excluding carboxylic acids is 1. The quantitative estimate of drug-likeness (QED) is 0.599. The minimum atomic E-state index is -0.229. The standard InChI is InChI=1S/C15H18N2O2S/c1-9-8-10(2)14(18)13-11(9)4-5-12(17-13)15(19)16-6-3-7-20/h4-5,8,18,20H,3,6-7H2,1-2H3,(H,16,19). The third-order valence-corrected chi connectivity index (χ3v) is 3.52. The summed E-state index contributed by atoms with van der Waals surface area (Å²) in [6.45, 7) is 4.35. The van der Waals surface area contributed by atoms with E-state index in [-0.39, 0.29) is 11.7 Å². The van der Waals surface area contributed by atoms with Crippen LogP contribution < -0.4 is 5.32 Å². The molecule has 5 heteroatoms. The lowest BCUT2D eigenvalue weighted by molar-refractivity contribution is 0.0949. The van der Waals surface area contributed by atoms with Crippen LogP contribution in [0.1, 0.15) is 28.0 Å². The summed E-state index contributed by atoms with van der Waals surface area (Å²) in [5.74, 6) is 0.632. The first kappa shape index (κ1) is 14.7. The monoisotopic (exact) mass is 290 g/mol. The van der Waals surface area contributed by atoms with Gasteiger partial charge >= 0.3 is 0 Å². The summed E-state index contributed by atoms with van der Waals surface area (Å²) in [5.41, 5.74) is 2.58. The van der Waals surface area contributed by atoms with Crippen LogP contribution in [0.3, 0.4) is 0 Å². The number of aryl methyl sites for hydroxylation is 2. The summed E-state index contributed by atoms with van der Waals surface area (Å²) in [7, 11) is 0. The molecule has 0 fully saturated rings. The molecule has 0 unspecified atom stereocenters. The highest BCUT2D eigenvalue weighted by molar-refractivity contribution is 7.80. The van der Waals surface area contributed by atoms with Crippen LogP contribution in [0.5, 0.6) is 5.75 Å². The van der Waals surface area contributed by atoms with Gasteiger partial charge in [0.15, 0.2) is 0 Å². The predicted molar refractivity (Wildman–Crippen MR) is 83.7 cm³/mol. The van der Waals surface area contributed by atoms with Crippen LogP contribution in [0.2, 0.25) is 0 Å². The number of nitrogens with zero attached hydrogens (tertiary/aromatic N) is 1. The summed E-state index contributed by atoms with van der Waals surface area (Å²) in [6.07, 6.45) is 0.811. The van der Waals surface area contributed by atoms with Gasteiger partial charge in [-0.1, -0.05) is 12.1 Å². The Kier molecular flexibility index (Phi) is 4.49. The van der Waals surface area contributed by atoms with Crippen LogP contribution in [-0.4, -0.2) is 28.3 Å². The molecule has 0 saturated heterocycles. The molecule has 0 spiro atoms. The summed E-state index contributed by atoms with van der Waals surface area (Å²) in [4.78, 5) is 16.3. The van der Waals surface area contributed by atoms with Crippen molar-refractivity contribution < 1.29 is 9.90 Å². The Bertz CT molecular complexity index is 656. The van der Waals surface area contributed by atoms with E-state index in [0.717, 1.165) is 28.7 Å². The molecule has 1 aromatic carbocycles. The van der Waals surface area contributed by atoms with E-state index in [1.54, 1.807) is 6.07 Å². The molecule has 2 rings (SSSR count). The molecular weight excluding hydrogens is 272 g/mol. The third kappa shape index (κ3) is 2.88. The SMILES string of the molecule is Cc1cc(C)c2ccc(C(=O)NCCCS)nc2c1O. The fraction of sp³-hybridized carbons (Fsp3) is 0.333. The topological polar surface area (TPSA) is 62.2 Å². The van der Waals surface area contributed by atoms with Crippen LogP contribution in [0.4, 0.5) is 0 Å². The number of aromatic nitrogens is 1. The van der Waals surface area contributed by atoms with Crippen molar-refractivity contribution in [3.63, 3.8) is 0 Å². The molecule has 0 aliphatic rings. The van der Waals surface area contributed by atoms with Crippen molar-refractivity contribution in [2.45, 2.75) is 20.3 Å². The number of carbonyl (C=O) groups is 1. The third-order valence-electron chi connectivity index (χ3n) is 3.20. The zero-order valence-electron chi connectivity index (χ0n) is 11.6. The maximum atomic E-state index is 12.0. The van der Waals surface area contributed by atoms with Crippen LogP contribution in [0, 0.1) is 13.8 Å². The number of rotatable bonds is 4. The average Bonchev–Trinajstić information content (AvgIpc) is 2.44. The Morgan fingerprint density at radius 2 is 2.10 bits per heavy atom. The zero-order chi connectivity index (χ0) is 14.7. The lowest BCUT2D eigenvalue weighted by Crippen LogP contribution is -2.25. The second kappa shape index (κ2) is 6.13. The fourth-order valence-electron chi connectivity index (χ4n) is 2.11. The molecule has 106 valence electrons. The first-order valence-electron chi connectivity index (χ1n) is 6.53. The van der Waals surface area contributed by atoms with Crippen LogP contribution >= 0.6 is 12.6 Å². The number of hydrogen-bond acceptors (Lipinski definition) is 4. The summed E-state index contributed by atoms with van der Waals surface area (Å²) >= 11 is 4.09. The van der Waals surface area contributed by atoms with Gasteiger partial charge in [0.2, 0.25) is 0 Å². The van der Waals surface area contributed by atoms with E-state index in [1.807, 2.05) is 26.0 Å². The number of benzene rings is 1. The summed E-state index contributed by atoms with van der Waals surface area (Å²) < 4.78 is 0. The molecule has 2 aromatic rings. The Morgan fingerprint density at radius 1 is 1.35 bits per heavy atom. The second-order valence-electron chi connectivity index (χ2n) is 4.78. The molecular formula is C15H18N2O2S. The molecule has 1 aromatic heterocycles. The van der Waals surface area contributed by atoms with E-state index in [2.05, 4.69) is 22.9 Å². The zero-order valence-corrected chi connectivity index (χ0v) is 12.5. The van der Waals surface area contributed by atoms with Gasteiger partial charge in [0.25, 0.3) is 5.91 Å². The molecule has 2 N–H and O–H groups in total. The van der Waals surface area contributed by atoms with Gasteiger partial charge in [0.1, 0.15) is 17.0 Å². The van der Waals surface area contributed by atoms with Gasteiger partial charge in [-0.3, -0.25) is 4.79 Å². The van der Waals surface area contributed by atoms with Crippen LogP contribution in [-0.2, 0) is 0 Å². The van der Waals surface area contributed by atoms with Crippen LogP contribution in [0.15, 0.2) is 18.2 Å². The average molecular weight is 290 g/mol. The van der Waals surface area contributed by atoms with Crippen molar-refractivity contribution in [1.82, 2.24) is 10.3 Å². The van der Waals surface area contributed by atoms with Crippen molar-refractivity contribution in [3.05, 3.63) is 35.0 Å². The predicted octanol–water partition coefficient (Wildman–Crippen LogP) is 2.61. The van der Waals surface area contributed by atoms with E-state index < -0.39 is 0 Å². The first-order chi connectivity index (χ1) is 9.54. The number of phenolic OH excluding ortho intramolecular Hbond substituents is 1. The smallest absolute Gasteiger partial charge is 0.269 e. The minimum Gasteiger partial charge on any atom is -0.505 e. The number of thiol groups is 1. The molecule has 0 atom stereocenters. The lowest BCUT2D eigenvalue weighted by atomic mass is 10.0. The summed E-state index contributed by atoms with van der Waals surface area (Å²) in [5, 5.41) is 13.7. The fourth-order valence-corrected chi connectivity index (χ4v) is 2.27. The van der Waals surface area contributed by atoms with E-state index in [1.165, 1.54) is 0 Å². The minimum absolute atomic E-state index is 0.135.